The zero-order valence-electron chi connectivity index (χ0n) is 15.1. The van der Waals surface area contributed by atoms with Crippen molar-refractivity contribution in [2.75, 3.05) is 36.5 Å². The smallest absolute Gasteiger partial charge is 0.266 e. The number of pyridine rings is 1. The number of halogens is 1. The van der Waals surface area contributed by atoms with Gasteiger partial charge in [0.15, 0.2) is 5.65 Å². The molecular weight excluding hydrogens is 430 g/mol. The predicted octanol–water partition coefficient (Wildman–Crippen LogP) is 0.763. The van der Waals surface area contributed by atoms with Gasteiger partial charge in [-0.05, 0) is 28.1 Å². The van der Waals surface area contributed by atoms with E-state index in [0.29, 0.717) is 34.7 Å². The number of morpholine rings is 1. The summed E-state index contributed by atoms with van der Waals surface area (Å²) in [6, 6.07) is 3.64. The van der Waals surface area contributed by atoms with E-state index in [0.717, 1.165) is 18.8 Å². The summed E-state index contributed by atoms with van der Waals surface area (Å²) in [4.78, 5) is 35.6. The van der Waals surface area contributed by atoms with Crippen molar-refractivity contribution in [3.8, 4) is 0 Å². The normalized spacial score (nSPS) is 14.4. The van der Waals surface area contributed by atoms with Gasteiger partial charge in [-0.25, -0.2) is 14.6 Å². The number of nitrogens with one attached hydrogen (secondary N) is 1. The summed E-state index contributed by atoms with van der Waals surface area (Å²) >= 11 is 3.25. The van der Waals surface area contributed by atoms with Gasteiger partial charge in [0.05, 0.1) is 25.1 Å². The number of carbonyl (C=O) groups excluding carboxylic acids is 1. The van der Waals surface area contributed by atoms with E-state index in [1.54, 1.807) is 19.3 Å². The van der Waals surface area contributed by atoms with Crippen molar-refractivity contribution in [3.05, 3.63) is 39.6 Å². The first-order valence-electron chi connectivity index (χ1n) is 8.69. The lowest BCUT2D eigenvalue weighted by Crippen LogP contribution is -2.36. The van der Waals surface area contributed by atoms with Crippen molar-refractivity contribution in [1.82, 2.24) is 24.3 Å². The molecule has 1 fully saturated rings. The molecule has 11 heteroatoms. The van der Waals surface area contributed by atoms with Crippen molar-refractivity contribution in [1.29, 1.82) is 0 Å². The van der Waals surface area contributed by atoms with E-state index >= 15 is 0 Å². The molecule has 0 saturated carbocycles. The summed E-state index contributed by atoms with van der Waals surface area (Å²) in [7, 11) is 1.70. The second-order valence-electron chi connectivity index (χ2n) is 6.34. The van der Waals surface area contributed by atoms with Crippen molar-refractivity contribution < 1.29 is 9.53 Å². The van der Waals surface area contributed by atoms with Crippen LogP contribution in [0.4, 0.5) is 11.5 Å². The zero-order valence-corrected chi connectivity index (χ0v) is 16.7. The van der Waals surface area contributed by atoms with Crippen LogP contribution in [0.3, 0.4) is 0 Å². The third kappa shape index (κ3) is 3.62. The molecule has 10 nitrogen and oxygen atoms in total. The van der Waals surface area contributed by atoms with Crippen molar-refractivity contribution in [2.45, 2.75) is 6.54 Å². The van der Waals surface area contributed by atoms with Crippen LogP contribution in [0.15, 0.2) is 34.1 Å². The topological polar surface area (TPSA) is 107 Å². The van der Waals surface area contributed by atoms with Crippen LogP contribution in [0.1, 0.15) is 0 Å². The fraction of sp³-hybridized carbons (Fsp3) is 0.353. The Balaban J connectivity index is 1.46. The Morgan fingerprint density at radius 1 is 1.29 bits per heavy atom. The molecule has 0 unspecified atom stereocenters. The molecule has 3 aromatic heterocycles. The summed E-state index contributed by atoms with van der Waals surface area (Å²) in [5.41, 5.74) is 1.10. The molecule has 0 aromatic carbocycles. The van der Waals surface area contributed by atoms with Crippen molar-refractivity contribution in [3.63, 3.8) is 0 Å². The average Bonchev–Trinajstić information content (AvgIpc) is 2.99. The first kappa shape index (κ1) is 18.6. The number of ether oxygens (including phenoxy) is 1. The lowest BCUT2D eigenvalue weighted by molar-refractivity contribution is -0.116. The highest BCUT2D eigenvalue weighted by molar-refractivity contribution is 9.10. The molecular formula is C17H18BrN7O3. The van der Waals surface area contributed by atoms with Crippen molar-refractivity contribution in [2.24, 2.45) is 7.05 Å². The minimum Gasteiger partial charge on any atom is -0.378 e. The molecule has 0 bridgehead atoms. The predicted molar refractivity (Wildman–Crippen MR) is 106 cm³/mol. The van der Waals surface area contributed by atoms with E-state index in [4.69, 9.17) is 4.74 Å². The van der Waals surface area contributed by atoms with Gasteiger partial charge in [-0.15, -0.1) is 0 Å². The molecule has 0 atom stereocenters. The lowest BCUT2D eigenvalue weighted by atomic mass is 10.3. The Kier molecular flexibility index (Phi) is 5.09. The SMILES string of the molecule is Cn1nc(Br)c2c(=O)n(CC(=O)Nc3ccc(N4CCOCC4)cn3)cnc21. The maximum Gasteiger partial charge on any atom is 0.266 e. The van der Waals surface area contributed by atoms with Crippen LogP contribution in [0.2, 0.25) is 0 Å². The van der Waals surface area contributed by atoms with E-state index in [9.17, 15) is 9.59 Å². The molecule has 28 heavy (non-hydrogen) atoms. The number of hydrogen-bond donors (Lipinski definition) is 1. The second kappa shape index (κ2) is 7.68. The van der Waals surface area contributed by atoms with Gasteiger partial charge in [0.2, 0.25) is 5.91 Å². The van der Waals surface area contributed by atoms with Crippen LogP contribution in [0.25, 0.3) is 11.0 Å². The first-order chi connectivity index (χ1) is 13.5. The summed E-state index contributed by atoms with van der Waals surface area (Å²) in [5, 5.41) is 7.16. The van der Waals surface area contributed by atoms with Crippen LogP contribution in [0.5, 0.6) is 0 Å². The number of amides is 1. The zero-order chi connectivity index (χ0) is 19.7. The molecule has 0 spiro atoms. The number of aryl methyl sites for hydroxylation is 1. The van der Waals surface area contributed by atoms with Gasteiger partial charge in [-0.1, -0.05) is 0 Å². The van der Waals surface area contributed by atoms with Gasteiger partial charge in [0.25, 0.3) is 5.56 Å². The van der Waals surface area contributed by atoms with E-state index in [-0.39, 0.29) is 18.0 Å². The van der Waals surface area contributed by atoms with Gasteiger partial charge in [-0.2, -0.15) is 5.10 Å². The number of nitrogens with zero attached hydrogens (tertiary/aromatic N) is 6. The highest BCUT2D eigenvalue weighted by atomic mass is 79.9. The van der Waals surface area contributed by atoms with Gasteiger partial charge in [-0.3, -0.25) is 14.2 Å². The maximum absolute atomic E-state index is 12.6. The van der Waals surface area contributed by atoms with Crippen LogP contribution >= 0.6 is 15.9 Å². The highest BCUT2D eigenvalue weighted by Crippen LogP contribution is 2.17. The Hall–Kier alpha value is -2.79. The lowest BCUT2D eigenvalue weighted by Gasteiger charge is -2.28. The van der Waals surface area contributed by atoms with Gasteiger partial charge in [0.1, 0.15) is 28.7 Å². The van der Waals surface area contributed by atoms with E-state index in [1.807, 2.05) is 6.07 Å². The molecule has 1 amide bonds. The molecule has 0 radical (unpaired) electrons. The van der Waals surface area contributed by atoms with Gasteiger partial charge >= 0.3 is 0 Å². The fourth-order valence-corrected chi connectivity index (χ4v) is 3.64. The minimum atomic E-state index is -0.366. The average molecular weight is 448 g/mol. The number of carbonyl (C=O) groups is 1. The second-order valence-corrected chi connectivity index (χ2v) is 7.09. The molecule has 1 aliphatic rings. The third-order valence-corrected chi connectivity index (χ3v) is 5.03. The monoisotopic (exact) mass is 447 g/mol. The molecule has 1 saturated heterocycles. The van der Waals surface area contributed by atoms with Crippen LogP contribution in [-0.2, 0) is 23.1 Å². The van der Waals surface area contributed by atoms with E-state index in [2.05, 4.69) is 41.2 Å². The van der Waals surface area contributed by atoms with E-state index < -0.39 is 0 Å². The number of anilines is 2. The molecule has 1 aliphatic heterocycles. The third-order valence-electron chi connectivity index (χ3n) is 4.47. The van der Waals surface area contributed by atoms with Crippen molar-refractivity contribution >= 4 is 44.4 Å². The Labute approximate surface area is 168 Å². The fourth-order valence-electron chi connectivity index (χ4n) is 3.05. The van der Waals surface area contributed by atoms with Crippen LogP contribution < -0.4 is 15.8 Å². The maximum atomic E-state index is 12.6. The largest absolute Gasteiger partial charge is 0.378 e. The molecule has 146 valence electrons. The Morgan fingerprint density at radius 3 is 2.79 bits per heavy atom. The number of hydrogen-bond acceptors (Lipinski definition) is 7. The number of aromatic nitrogens is 5. The summed E-state index contributed by atoms with van der Waals surface area (Å²) < 4.78 is 8.49. The molecule has 0 aliphatic carbocycles. The quantitative estimate of drug-likeness (QED) is 0.628. The number of rotatable bonds is 4. The molecule has 1 N–H and O–H groups in total. The Morgan fingerprint density at radius 2 is 2.07 bits per heavy atom. The first-order valence-corrected chi connectivity index (χ1v) is 9.48. The standard InChI is InChI=1S/C17H18BrN7O3/c1-23-16-14(15(18)22-23)17(27)25(10-20-16)9-13(26)21-12-3-2-11(8-19-12)24-4-6-28-7-5-24/h2-3,8,10H,4-7,9H2,1H3,(H,19,21,26). The molecule has 4 rings (SSSR count). The van der Waals surface area contributed by atoms with Crippen LogP contribution in [0, 0.1) is 0 Å². The minimum absolute atomic E-state index is 0.171. The number of fused-ring (bicyclic) bond motifs is 1. The Bertz CT molecular complexity index is 1070. The molecule has 4 heterocycles. The van der Waals surface area contributed by atoms with Gasteiger partial charge in [0, 0.05) is 20.1 Å². The van der Waals surface area contributed by atoms with Gasteiger partial charge < -0.3 is 15.0 Å². The van der Waals surface area contributed by atoms with Crippen LogP contribution in [-0.4, -0.2) is 56.5 Å². The summed E-state index contributed by atoms with van der Waals surface area (Å²) in [6.07, 6.45) is 3.06. The summed E-state index contributed by atoms with van der Waals surface area (Å²) in [5.74, 6) is 0.0570. The molecule has 3 aromatic rings. The highest BCUT2D eigenvalue weighted by Gasteiger charge is 2.16. The summed E-state index contributed by atoms with van der Waals surface area (Å²) in [6.45, 7) is 2.85. The van der Waals surface area contributed by atoms with E-state index in [1.165, 1.54) is 15.6 Å².